The highest BCUT2D eigenvalue weighted by Crippen LogP contribution is 2.23. The van der Waals surface area contributed by atoms with Gasteiger partial charge in [0.2, 0.25) is 5.91 Å². The maximum Gasteiger partial charge on any atom is 0.239 e. The second kappa shape index (κ2) is 9.22. The van der Waals surface area contributed by atoms with Gasteiger partial charge in [0.25, 0.3) is 0 Å². The van der Waals surface area contributed by atoms with Crippen molar-refractivity contribution in [1.82, 2.24) is 29.5 Å². The van der Waals surface area contributed by atoms with Crippen LogP contribution in [-0.2, 0) is 4.79 Å². The first kappa shape index (κ1) is 22.2. The Morgan fingerprint density at radius 1 is 1.22 bits per heavy atom. The van der Waals surface area contributed by atoms with Gasteiger partial charge in [0.15, 0.2) is 17.4 Å². The molecule has 9 nitrogen and oxygen atoms in total. The van der Waals surface area contributed by atoms with Gasteiger partial charge < -0.3 is 14.6 Å². The molecule has 0 saturated carbocycles. The molecule has 1 aliphatic heterocycles. The Balaban J connectivity index is 1.58. The van der Waals surface area contributed by atoms with Gasteiger partial charge in [-0.2, -0.15) is 5.10 Å². The number of amides is 1. The minimum Gasteiger partial charge on any atom is -0.458 e. The highest BCUT2D eigenvalue weighted by Gasteiger charge is 2.23. The summed E-state index contributed by atoms with van der Waals surface area (Å²) in [6, 6.07) is 7.90. The maximum absolute atomic E-state index is 12.9. The molecule has 0 spiro atoms. The number of furan rings is 1. The molecule has 0 radical (unpaired) electrons. The summed E-state index contributed by atoms with van der Waals surface area (Å²) in [6.07, 6.45) is 2.25. The minimum atomic E-state index is -0.0935. The van der Waals surface area contributed by atoms with E-state index in [1.165, 1.54) is 0 Å². The second-order valence-electron chi connectivity index (χ2n) is 8.73. The first-order valence-corrected chi connectivity index (χ1v) is 11.0. The number of carbonyl (C=O) groups excluding carboxylic acids is 1. The van der Waals surface area contributed by atoms with Gasteiger partial charge >= 0.3 is 0 Å². The van der Waals surface area contributed by atoms with Gasteiger partial charge in [-0.1, -0.05) is 0 Å². The van der Waals surface area contributed by atoms with Crippen molar-refractivity contribution in [1.29, 1.82) is 0 Å². The summed E-state index contributed by atoms with van der Waals surface area (Å²) in [7, 11) is 4.18. The van der Waals surface area contributed by atoms with Gasteiger partial charge in [-0.15, -0.1) is 0 Å². The van der Waals surface area contributed by atoms with Crippen LogP contribution in [0.15, 0.2) is 28.7 Å². The predicted molar refractivity (Wildman–Crippen MR) is 123 cm³/mol. The smallest absolute Gasteiger partial charge is 0.239 e. The number of carbonyl (C=O) groups is 1. The molecule has 4 heterocycles. The van der Waals surface area contributed by atoms with E-state index in [1.54, 1.807) is 10.7 Å². The van der Waals surface area contributed by atoms with Crippen molar-refractivity contribution in [2.45, 2.75) is 39.7 Å². The van der Waals surface area contributed by atoms with Crippen molar-refractivity contribution in [3.8, 4) is 17.4 Å². The summed E-state index contributed by atoms with van der Waals surface area (Å²) in [5.41, 5.74) is 1.84. The average Bonchev–Trinajstić information content (AvgIpc) is 3.32. The van der Waals surface area contributed by atoms with Crippen LogP contribution in [0.4, 0.5) is 5.82 Å². The van der Waals surface area contributed by atoms with Gasteiger partial charge in [-0.3, -0.25) is 9.69 Å². The number of aromatic nitrogens is 4. The van der Waals surface area contributed by atoms with Crippen molar-refractivity contribution in [2.24, 2.45) is 0 Å². The molecule has 1 fully saturated rings. The third-order valence-corrected chi connectivity index (χ3v) is 5.75. The molecule has 1 amide bonds. The van der Waals surface area contributed by atoms with Crippen LogP contribution in [0.3, 0.4) is 0 Å². The van der Waals surface area contributed by atoms with Crippen LogP contribution >= 0.6 is 0 Å². The van der Waals surface area contributed by atoms with Crippen LogP contribution in [-0.4, -0.2) is 75.2 Å². The Morgan fingerprint density at radius 2 is 2.03 bits per heavy atom. The monoisotopic (exact) mass is 437 g/mol. The van der Waals surface area contributed by atoms with Crippen molar-refractivity contribution in [2.75, 3.05) is 39.0 Å². The van der Waals surface area contributed by atoms with Gasteiger partial charge in [-0.05, 0) is 72.5 Å². The lowest BCUT2D eigenvalue weighted by atomic mass is 10.1. The Hall–Kier alpha value is -3.04. The number of rotatable bonds is 6. The van der Waals surface area contributed by atoms with Crippen LogP contribution < -0.4 is 5.32 Å². The van der Waals surface area contributed by atoms with E-state index < -0.39 is 0 Å². The first-order valence-electron chi connectivity index (χ1n) is 11.0. The lowest BCUT2D eigenvalue weighted by molar-refractivity contribution is -0.117. The van der Waals surface area contributed by atoms with Crippen molar-refractivity contribution < 1.29 is 9.21 Å². The minimum absolute atomic E-state index is 0.0935. The molecular weight excluding hydrogens is 406 g/mol. The van der Waals surface area contributed by atoms with Crippen LogP contribution in [0.5, 0.6) is 0 Å². The number of likely N-dealkylation sites (tertiary alicyclic amines) is 1. The van der Waals surface area contributed by atoms with E-state index in [4.69, 9.17) is 4.42 Å². The molecule has 4 rings (SSSR count). The zero-order chi connectivity index (χ0) is 22.8. The predicted octanol–water partition coefficient (Wildman–Crippen LogP) is 2.81. The number of nitrogens with zero attached hydrogens (tertiary/aromatic N) is 6. The van der Waals surface area contributed by atoms with E-state index in [0.717, 1.165) is 43.1 Å². The van der Waals surface area contributed by atoms with Crippen LogP contribution in [0.1, 0.15) is 30.0 Å². The topological polar surface area (TPSA) is 92.3 Å². The third-order valence-electron chi connectivity index (χ3n) is 5.75. The summed E-state index contributed by atoms with van der Waals surface area (Å²) >= 11 is 0. The molecule has 9 heteroatoms. The summed E-state index contributed by atoms with van der Waals surface area (Å²) in [6.45, 7) is 7.92. The molecule has 1 saturated heterocycles. The SMILES string of the molecule is Cc1cc(C)n(-c2cc(NC(=O)CN3CCCC(N(C)C)C3)nc(-c3ccc(C)o3)n2)n1. The molecule has 32 heavy (non-hydrogen) atoms. The molecule has 1 atom stereocenters. The number of hydrogen-bond donors (Lipinski definition) is 1. The Morgan fingerprint density at radius 3 is 2.69 bits per heavy atom. The van der Waals surface area contributed by atoms with Crippen molar-refractivity contribution in [3.05, 3.63) is 41.4 Å². The zero-order valence-electron chi connectivity index (χ0n) is 19.4. The van der Waals surface area contributed by atoms with E-state index in [-0.39, 0.29) is 5.91 Å². The number of nitrogens with one attached hydrogen (secondary N) is 1. The third kappa shape index (κ3) is 5.05. The summed E-state index contributed by atoms with van der Waals surface area (Å²) in [5, 5.41) is 7.49. The molecule has 0 bridgehead atoms. The molecule has 1 N–H and O–H groups in total. The van der Waals surface area contributed by atoms with Gasteiger partial charge in [0.1, 0.15) is 11.6 Å². The van der Waals surface area contributed by atoms with E-state index in [0.29, 0.717) is 35.8 Å². The number of likely N-dealkylation sites (N-methyl/N-ethyl adjacent to an activating group) is 1. The number of hydrogen-bond acceptors (Lipinski definition) is 7. The molecule has 0 aliphatic carbocycles. The Kier molecular flexibility index (Phi) is 6.38. The molecular formula is C23H31N7O2. The highest BCUT2D eigenvalue weighted by molar-refractivity contribution is 5.91. The fourth-order valence-corrected chi connectivity index (χ4v) is 4.11. The number of aryl methyl sites for hydroxylation is 3. The van der Waals surface area contributed by atoms with E-state index in [2.05, 4.69) is 44.3 Å². The molecule has 170 valence electrons. The average molecular weight is 438 g/mol. The Bertz CT molecular complexity index is 1100. The second-order valence-corrected chi connectivity index (χ2v) is 8.73. The molecule has 3 aromatic rings. The van der Waals surface area contributed by atoms with Crippen molar-refractivity contribution >= 4 is 11.7 Å². The first-order chi connectivity index (χ1) is 15.3. The standard InChI is InChI=1S/C23H31N7O2/c1-15-11-16(2)30(27-15)21-12-20(25-23(26-21)19-9-8-17(3)32-19)24-22(31)14-29-10-6-7-18(13-29)28(4)5/h8-9,11-12,18H,6-7,10,13-14H2,1-5H3,(H,24,25,26,31). The summed E-state index contributed by atoms with van der Waals surface area (Å²) in [5.74, 6) is 2.64. The van der Waals surface area contributed by atoms with Crippen LogP contribution in [0.25, 0.3) is 17.4 Å². The largest absolute Gasteiger partial charge is 0.458 e. The van der Waals surface area contributed by atoms with Crippen LogP contribution in [0.2, 0.25) is 0 Å². The Labute approximate surface area is 188 Å². The molecule has 3 aromatic heterocycles. The van der Waals surface area contributed by atoms with E-state index >= 15 is 0 Å². The number of piperidine rings is 1. The van der Waals surface area contributed by atoms with Gasteiger partial charge in [0, 0.05) is 24.3 Å². The highest BCUT2D eigenvalue weighted by atomic mass is 16.3. The fraction of sp³-hybridized carbons (Fsp3) is 0.478. The van der Waals surface area contributed by atoms with Gasteiger partial charge in [-0.25, -0.2) is 14.6 Å². The van der Waals surface area contributed by atoms with E-state index in [9.17, 15) is 4.79 Å². The summed E-state index contributed by atoms with van der Waals surface area (Å²) in [4.78, 5) is 26.5. The zero-order valence-corrected chi connectivity index (χ0v) is 19.4. The fourth-order valence-electron chi connectivity index (χ4n) is 4.11. The normalized spacial score (nSPS) is 17.1. The number of anilines is 1. The quantitative estimate of drug-likeness (QED) is 0.634. The van der Waals surface area contributed by atoms with Gasteiger partial charge in [0.05, 0.1) is 12.2 Å². The molecule has 1 aliphatic rings. The lowest BCUT2D eigenvalue weighted by Gasteiger charge is -2.35. The summed E-state index contributed by atoms with van der Waals surface area (Å²) < 4.78 is 7.48. The lowest BCUT2D eigenvalue weighted by Crippen LogP contribution is -2.47. The molecule has 1 unspecified atom stereocenters. The van der Waals surface area contributed by atoms with Crippen LogP contribution in [0, 0.1) is 20.8 Å². The van der Waals surface area contributed by atoms with E-state index in [1.807, 2.05) is 39.0 Å². The van der Waals surface area contributed by atoms with Crippen molar-refractivity contribution in [3.63, 3.8) is 0 Å². The molecule has 0 aromatic carbocycles. The maximum atomic E-state index is 12.9.